The number of piperidine rings is 1. The van der Waals surface area contributed by atoms with Gasteiger partial charge >= 0.3 is 0 Å². The Bertz CT molecular complexity index is 788. The minimum Gasteiger partial charge on any atom is -0.333 e. The van der Waals surface area contributed by atoms with Crippen LogP contribution in [0.15, 0.2) is 41.8 Å². The highest BCUT2D eigenvalue weighted by Crippen LogP contribution is 2.25. The number of hydrazone groups is 1. The van der Waals surface area contributed by atoms with Gasteiger partial charge in [0.1, 0.15) is 5.71 Å². The number of imidazole rings is 1. The van der Waals surface area contributed by atoms with Crippen molar-refractivity contribution in [1.82, 2.24) is 14.6 Å². The fraction of sp³-hybridized carbons (Fsp3) is 0.444. The van der Waals surface area contributed by atoms with Gasteiger partial charge in [-0.1, -0.05) is 12.1 Å². The Morgan fingerprint density at radius 3 is 2.64 bits per heavy atom. The van der Waals surface area contributed by atoms with E-state index in [4.69, 9.17) is 5.10 Å². The monoisotopic (exact) mass is 341 g/mol. The lowest BCUT2D eigenvalue weighted by molar-refractivity contribution is -0.384. The van der Waals surface area contributed by atoms with Crippen LogP contribution in [0.2, 0.25) is 0 Å². The van der Waals surface area contributed by atoms with Crippen molar-refractivity contribution in [1.29, 1.82) is 0 Å². The van der Waals surface area contributed by atoms with Crippen LogP contribution in [0, 0.1) is 10.1 Å². The molecular formula is C18H23N5O2. The molecule has 1 fully saturated rings. The third-order valence-electron chi connectivity index (χ3n) is 4.73. The minimum absolute atomic E-state index is 0.0548. The second kappa shape index (κ2) is 7.04. The molecule has 1 aromatic heterocycles. The number of nitro benzene ring substituents is 1. The van der Waals surface area contributed by atoms with E-state index in [9.17, 15) is 10.1 Å². The molecule has 0 saturated carbocycles. The smallest absolute Gasteiger partial charge is 0.270 e. The quantitative estimate of drug-likeness (QED) is 0.485. The Morgan fingerprint density at radius 1 is 1.32 bits per heavy atom. The lowest BCUT2D eigenvalue weighted by atomic mass is 10.00. The van der Waals surface area contributed by atoms with Crippen LogP contribution in [0.25, 0.3) is 0 Å². The van der Waals surface area contributed by atoms with Crippen molar-refractivity contribution in [2.24, 2.45) is 12.1 Å². The molecule has 3 rings (SSSR count). The number of aromatic nitrogens is 2. The average molecular weight is 341 g/mol. The second-order valence-electron chi connectivity index (χ2n) is 6.63. The number of nitro groups is 1. The van der Waals surface area contributed by atoms with Crippen LogP contribution in [-0.2, 0) is 7.05 Å². The van der Waals surface area contributed by atoms with Crippen LogP contribution in [-0.4, -0.2) is 37.3 Å². The van der Waals surface area contributed by atoms with E-state index < -0.39 is 0 Å². The Hall–Kier alpha value is -2.70. The zero-order chi connectivity index (χ0) is 18.0. The summed E-state index contributed by atoms with van der Waals surface area (Å²) in [6, 6.07) is 7.25. The lowest BCUT2D eigenvalue weighted by Gasteiger charge is -2.37. The van der Waals surface area contributed by atoms with E-state index in [2.05, 4.69) is 23.8 Å². The van der Waals surface area contributed by atoms with Crippen molar-refractivity contribution in [2.45, 2.75) is 45.2 Å². The van der Waals surface area contributed by atoms with E-state index >= 15 is 0 Å². The Labute approximate surface area is 147 Å². The molecule has 0 aliphatic carbocycles. The maximum absolute atomic E-state index is 11.2. The third kappa shape index (κ3) is 3.55. The molecule has 2 atom stereocenters. The zero-order valence-corrected chi connectivity index (χ0v) is 14.8. The molecule has 1 aliphatic rings. The molecular weight excluding hydrogens is 318 g/mol. The molecule has 0 amide bonds. The molecule has 1 saturated heterocycles. The molecule has 132 valence electrons. The summed E-state index contributed by atoms with van der Waals surface area (Å²) in [5.41, 5.74) is 1.42. The van der Waals surface area contributed by atoms with E-state index in [-0.39, 0.29) is 10.6 Å². The minimum atomic E-state index is -0.383. The van der Waals surface area contributed by atoms with Crippen molar-refractivity contribution >= 4 is 11.4 Å². The molecule has 7 nitrogen and oxygen atoms in total. The molecule has 2 unspecified atom stereocenters. The van der Waals surface area contributed by atoms with E-state index in [0.29, 0.717) is 29.2 Å². The summed E-state index contributed by atoms with van der Waals surface area (Å²) in [5, 5.41) is 18.2. The van der Waals surface area contributed by atoms with Gasteiger partial charge < -0.3 is 4.57 Å². The van der Waals surface area contributed by atoms with Crippen LogP contribution in [0.5, 0.6) is 0 Å². The van der Waals surface area contributed by atoms with Crippen molar-refractivity contribution in [3.8, 4) is 0 Å². The molecule has 0 bridgehead atoms. The van der Waals surface area contributed by atoms with Gasteiger partial charge in [0.05, 0.1) is 4.92 Å². The van der Waals surface area contributed by atoms with Gasteiger partial charge in [-0.25, -0.2) is 4.98 Å². The van der Waals surface area contributed by atoms with Crippen LogP contribution >= 0.6 is 0 Å². The Morgan fingerprint density at radius 2 is 2.04 bits per heavy atom. The summed E-state index contributed by atoms with van der Waals surface area (Å²) in [7, 11) is 1.90. The predicted molar refractivity (Wildman–Crippen MR) is 96.6 cm³/mol. The number of aryl methyl sites for hydroxylation is 1. The molecule has 1 aliphatic heterocycles. The Balaban J connectivity index is 2.10. The number of hydrogen-bond acceptors (Lipinski definition) is 5. The van der Waals surface area contributed by atoms with Gasteiger partial charge in [-0.3, -0.25) is 15.1 Å². The summed E-state index contributed by atoms with van der Waals surface area (Å²) in [4.78, 5) is 15.2. The van der Waals surface area contributed by atoms with Crippen LogP contribution < -0.4 is 0 Å². The number of hydrogen-bond donors (Lipinski definition) is 0. The van der Waals surface area contributed by atoms with E-state index in [0.717, 1.165) is 12.8 Å². The van der Waals surface area contributed by atoms with Crippen LogP contribution in [0.4, 0.5) is 5.69 Å². The highest BCUT2D eigenvalue weighted by atomic mass is 16.6. The molecule has 2 heterocycles. The van der Waals surface area contributed by atoms with Crippen molar-refractivity contribution in [3.63, 3.8) is 0 Å². The molecule has 25 heavy (non-hydrogen) atoms. The molecule has 2 aromatic rings. The fourth-order valence-corrected chi connectivity index (χ4v) is 3.31. The van der Waals surface area contributed by atoms with Gasteiger partial charge in [0.2, 0.25) is 0 Å². The fourth-order valence-electron chi connectivity index (χ4n) is 3.31. The molecule has 7 heteroatoms. The van der Waals surface area contributed by atoms with Crippen LogP contribution in [0.3, 0.4) is 0 Å². The highest BCUT2D eigenvalue weighted by Gasteiger charge is 2.25. The second-order valence-corrected chi connectivity index (χ2v) is 6.63. The lowest BCUT2D eigenvalue weighted by Crippen LogP contribution is -2.40. The molecule has 1 aromatic carbocycles. The average Bonchev–Trinajstić information content (AvgIpc) is 3.00. The summed E-state index contributed by atoms with van der Waals surface area (Å²) in [5.74, 6) is 0.700. The molecule has 0 radical (unpaired) electrons. The largest absolute Gasteiger partial charge is 0.333 e. The standard InChI is InChI=1S/C18H23N5O2/c1-13-6-4-7-14(2)22(13)20-17(18-19-10-11-21(18)3)15-8-5-9-16(12-15)23(24)25/h5,8-14H,4,6-7H2,1-3H3. The van der Waals surface area contributed by atoms with Gasteiger partial charge in [-0.15, -0.1) is 0 Å². The zero-order valence-electron chi connectivity index (χ0n) is 14.8. The summed E-state index contributed by atoms with van der Waals surface area (Å²) in [6.45, 7) is 4.34. The number of benzene rings is 1. The highest BCUT2D eigenvalue weighted by molar-refractivity contribution is 6.11. The number of rotatable bonds is 4. The van der Waals surface area contributed by atoms with Gasteiger partial charge in [0, 0.05) is 49.2 Å². The van der Waals surface area contributed by atoms with Crippen molar-refractivity contribution in [3.05, 3.63) is 58.2 Å². The van der Waals surface area contributed by atoms with Crippen molar-refractivity contribution < 1.29 is 4.92 Å². The summed E-state index contributed by atoms with van der Waals surface area (Å²) >= 11 is 0. The number of non-ortho nitro benzene ring substituents is 1. The van der Waals surface area contributed by atoms with Gasteiger partial charge in [0.15, 0.2) is 5.82 Å². The first kappa shape index (κ1) is 17.1. The Kier molecular flexibility index (Phi) is 4.83. The first-order valence-corrected chi connectivity index (χ1v) is 8.57. The molecule has 0 N–H and O–H groups in total. The van der Waals surface area contributed by atoms with Gasteiger partial charge in [-0.05, 0) is 33.1 Å². The summed E-state index contributed by atoms with van der Waals surface area (Å²) < 4.78 is 1.89. The SMILES string of the molecule is CC1CCCC(C)N1N=C(c1cccc([N+](=O)[O-])c1)c1nccn1C. The first-order chi connectivity index (χ1) is 12.0. The summed E-state index contributed by atoms with van der Waals surface area (Å²) in [6.07, 6.45) is 6.95. The van der Waals surface area contributed by atoms with Crippen molar-refractivity contribution in [2.75, 3.05) is 0 Å². The predicted octanol–water partition coefficient (Wildman–Crippen LogP) is 3.34. The number of nitrogens with zero attached hydrogens (tertiary/aromatic N) is 5. The van der Waals surface area contributed by atoms with E-state index in [1.807, 2.05) is 23.9 Å². The normalized spacial score (nSPS) is 21.4. The molecule has 0 spiro atoms. The van der Waals surface area contributed by atoms with Gasteiger partial charge in [0.25, 0.3) is 5.69 Å². The van der Waals surface area contributed by atoms with E-state index in [1.54, 1.807) is 18.3 Å². The van der Waals surface area contributed by atoms with E-state index in [1.165, 1.54) is 12.5 Å². The topological polar surface area (TPSA) is 76.6 Å². The first-order valence-electron chi connectivity index (χ1n) is 8.57. The third-order valence-corrected chi connectivity index (χ3v) is 4.73. The maximum Gasteiger partial charge on any atom is 0.270 e. The van der Waals surface area contributed by atoms with Gasteiger partial charge in [-0.2, -0.15) is 5.10 Å². The maximum atomic E-state index is 11.2. The van der Waals surface area contributed by atoms with Crippen LogP contribution in [0.1, 0.15) is 44.5 Å².